The lowest BCUT2D eigenvalue weighted by Crippen LogP contribution is -2.28. The lowest BCUT2D eigenvalue weighted by molar-refractivity contribution is -0.124. The molecular formula is C15H24O2. The van der Waals surface area contributed by atoms with Crippen LogP contribution >= 0.6 is 0 Å². The third-order valence-electron chi connectivity index (χ3n) is 4.27. The van der Waals surface area contributed by atoms with E-state index in [1.54, 1.807) is 0 Å². The highest BCUT2D eigenvalue weighted by atomic mass is 16.3. The van der Waals surface area contributed by atoms with E-state index >= 15 is 0 Å². The van der Waals surface area contributed by atoms with E-state index in [0.29, 0.717) is 12.3 Å². The van der Waals surface area contributed by atoms with Gasteiger partial charge in [-0.2, -0.15) is 0 Å². The van der Waals surface area contributed by atoms with Gasteiger partial charge >= 0.3 is 0 Å². The Morgan fingerprint density at radius 3 is 2.59 bits per heavy atom. The molecule has 96 valence electrons. The lowest BCUT2D eigenvalue weighted by Gasteiger charge is -2.27. The molecule has 0 saturated heterocycles. The zero-order chi connectivity index (χ0) is 12.1. The fourth-order valence-corrected chi connectivity index (χ4v) is 3.12. The number of ketones is 1. The van der Waals surface area contributed by atoms with Crippen molar-refractivity contribution in [2.45, 2.75) is 63.9 Å². The third kappa shape index (κ3) is 3.67. The fraction of sp³-hybridized carbons (Fsp3) is 0.800. The highest BCUT2D eigenvalue weighted by molar-refractivity contribution is 5.83. The first-order valence-electron chi connectivity index (χ1n) is 7.15. The molecule has 2 aliphatic rings. The van der Waals surface area contributed by atoms with Crippen LogP contribution in [0, 0.1) is 11.8 Å². The Kier molecular flexibility index (Phi) is 4.78. The van der Waals surface area contributed by atoms with Crippen LogP contribution < -0.4 is 0 Å². The largest absolute Gasteiger partial charge is 0.392 e. The summed E-state index contributed by atoms with van der Waals surface area (Å²) in [6.45, 7) is 0. The Morgan fingerprint density at radius 1 is 1.18 bits per heavy atom. The summed E-state index contributed by atoms with van der Waals surface area (Å²) in [7, 11) is 0. The zero-order valence-corrected chi connectivity index (χ0v) is 10.6. The van der Waals surface area contributed by atoms with Gasteiger partial charge in [0.15, 0.2) is 0 Å². The molecule has 0 amide bonds. The highest BCUT2D eigenvalue weighted by Gasteiger charge is 2.26. The number of carbonyl (C=O) groups excluding carboxylic acids is 1. The Labute approximate surface area is 104 Å². The van der Waals surface area contributed by atoms with E-state index in [1.165, 1.54) is 19.3 Å². The fourth-order valence-electron chi connectivity index (χ4n) is 3.12. The maximum Gasteiger partial charge on any atom is 0.142 e. The molecule has 2 atom stereocenters. The molecule has 0 spiro atoms. The van der Waals surface area contributed by atoms with Crippen molar-refractivity contribution in [1.29, 1.82) is 0 Å². The van der Waals surface area contributed by atoms with E-state index in [0.717, 1.165) is 32.1 Å². The summed E-state index contributed by atoms with van der Waals surface area (Å²) in [6, 6.07) is 0. The van der Waals surface area contributed by atoms with Gasteiger partial charge in [-0.3, -0.25) is 4.79 Å². The van der Waals surface area contributed by atoms with Crippen LogP contribution in [0.3, 0.4) is 0 Å². The number of rotatable bonds is 4. The van der Waals surface area contributed by atoms with Crippen molar-refractivity contribution in [1.82, 2.24) is 0 Å². The first-order valence-corrected chi connectivity index (χ1v) is 7.15. The average Bonchev–Trinajstić information content (AvgIpc) is 2.40. The van der Waals surface area contributed by atoms with Crippen molar-refractivity contribution in [3.63, 3.8) is 0 Å². The van der Waals surface area contributed by atoms with E-state index in [1.807, 2.05) is 6.08 Å². The smallest absolute Gasteiger partial charge is 0.142 e. The summed E-state index contributed by atoms with van der Waals surface area (Å²) in [5.74, 6) is 0.710. The van der Waals surface area contributed by atoms with Crippen molar-refractivity contribution < 1.29 is 9.90 Å². The molecule has 2 heteroatoms. The minimum atomic E-state index is -0.391. The molecule has 0 heterocycles. The molecule has 1 fully saturated rings. The van der Waals surface area contributed by atoms with Gasteiger partial charge in [0.1, 0.15) is 5.78 Å². The Bertz CT molecular complexity index is 277. The van der Waals surface area contributed by atoms with Gasteiger partial charge in [-0.1, -0.05) is 31.4 Å². The summed E-state index contributed by atoms with van der Waals surface area (Å²) < 4.78 is 0. The molecule has 0 aliphatic heterocycles. The van der Waals surface area contributed by atoms with Crippen molar-refractivity contribution in [2.75, 3.05) is 0 Å². The van der Waals surface area contributed by atoms with Crippen LogP contribution in [-0.2, 0) is 4.79 Å². The Hall–Kier alpha value is -0.630. The molecule has 0 aromatic heterocycles. The van der Waals surface area contributed by atoms with Crippen LogP contribution in [0.5, 0.6) is 0 Å². The van der Waals surface area contributed by atoms with Gasteiger partial charge < -0.3 is 5.11 Å². The van der Waals surface area contributed by atoms with Crippen molar-refractivity contribution in [3.8, 4) is 0 Å². The van der Waals surface area contributed by atoms with Crippen LogP contribution in [-0.4, -0.2) is 17.0 Å². The normalized spacial score (nSPS) is 27.9. The quantitative estimate of drug-likeness (QED) is 0.761. The summed E-state index contributed by atoms with van der Waals surface area (Å²) in [4.78, 5) is 12.0. The molecule has 0 aromatic rings. The van der Waals surface area contributed by atoms with Gasteiger partial charge in [-0.05, 0) is 38.0 Å². The molecular weight excluding hydrogens is 212 g/mol. The molecule has 2 aliphatic carbocycles. The van der Waals surface area contributed by atoms with Crippen LogP contribution in [0.2, 0.25) is 0 Å². The Morgan fingerprint density at radius 2 is 1.94 bits per heavy atom. The number of allylic oxidation sites excluding steroid dienone is 2. The minimum Gasteiger partial charge on any atom is -0.392 e. The standard InChI is InChI=1S/C15H24O2/c16-14(12-7-3-1-4-8-12)11-15(17)13-9-5-2-6-10-13/h3,7,12-13,15,17H,1-2,4-6,8-11H2. The second kappa shape index (κ2) is 6.34. The van der Waals surface area contributed by atoms with Gasteiger partial charge in [-0.25, -0.2) is 0 Å². The van der Waals surface area contributed by atoms with Gasteiger partial charge in [-0.15, -0.1) is 0 Å². The Balaban J connectivity index is 1.80. The van der Waals surface area contributed by atoms with Crippen LogP contribution in [0.1, 0.15) is 57.8 Å². The minimum absolute atomic E-state index is 0.0852. The SMILES string of the molecule is O=C(CC(O)C1CCCCC1)C1C=CCCC1. The lowest BCUT2D eigenvalue weighted by atomic mass is 9.81. The first-order chi connectivity index (χ1) is 8.27. The summed E-state index contributed by atoms with van der Waals surface area (Å²) in [6.07, 6.45) is 13.3. The van der Waals surface area contributed by atoms with E-state index in [-0.39, 0.29) is 11.7 Å². The predicted molar refractivity (Wildman–Crippen MR) is 68.7 cm³/mol. The number of aliphatic hydroxyl groups excluding tert-OH is 1. The molecule has 0 aromatic carbocycles. The predicted octanol–water partition coefficient (Wildman–Crippen LogP) is 3.24. The second-order valence-electron chi connectivity index (χ2n) is 5.60. The zero-order valence-electron chi connectivity index (χ0n) is 10.6. The summed E-state index contributed by atoms with van der Waals surface area (Å²) in [5, 5.41) is 10.1. The van der Waals surface area contributed by atoms with Gasteiger partial charge in [0, 0.05) is 12.3 Å². The molecule has 0 bridgehead atoms. The number of hydrogen-bond acceptors (Lipinski definition) is 2. The summed E-state index contributed by atoms with van der Waals surface area (Å²) >= 11 is 0. The van der Waals surface area contributed by atoms with Gasteiger partial charge in [0.05, 0.1) is 6.10 Å². The maximum atomic E-state index is 12.0. The molecule has 2 unspecified atom stereocenters. The van der Waals surface area contributed by atoms with Crippen LogP contribution in [0.15, 0.2) is 12.2 Å². The van der Waals surface area contributed by atoms with Crippen molar-refractivity contribution in [2.24, 2.45) is 11.8 Å². The van der Waals surface area contributed by atoms with Gasteiger partial charge in [0.25, 0.3) is 0 Å². The van der Waals surface area contributed by atoms with Crippen LogP contribution in [0.25, 0.3) is 0 Å². The van der Waals surface area contributed by atoms with E-state index < -0.39 is 6.10 Å². The number of aliphatic hydroxyl groups is 1. The van der Waals surface area contributed by atoms with Crippen molar-refractivity contribution in [3.05, 3.63) is 12.2 Å². The third-order valence-corrected chi connectivity index (χ3v) is 4.27. The molecule has 0 radical (unpaired) electrons. The van der Waals surface area contributed by atoms with Crippen molar-refractivity contribution >= 4 is 5.78 Å². The van der Waals surface area contributed by atoms with E-state index in [4.69, 9.17) is 0 Å². The average molecular weight is 236 g/mol. The number of hydrogen-bond donors (Lipinski definition) is 1. The monoisotopic (exact) mass is 236 g/mol. The molecule has 1 N–H and O–H groups in total. The van der Waals surface area contributed by atoms with E-state index in [2.05, 4.69) is 6.08 Å². The van der Waals surface area contributed by atoms with Gasteiger partial charge in [0.2, 0.25) is 0 Å². The number of carbonyl (C=O) groups is 1. The first kappa shape index (κ1) is 12.8. The summed E-state index contributed by atoms with van der Waals surface area (Å²) in [5.41, 5.74) is 0. The molecule has 2 rings (SSSR count). The highest BCUT2D eigenvalue weighted by Crippen LogP contribution is 2.29. The molecule has 2 nitrogen and oxygen atoms in total. The maximum absolute atomic E-state index is 12.0. The second-order valence-corrected chi connectivity index (χ2v) is 5.60. The molecule has 17 heavy (non-hydrogen) atoms. The molecule has 1 saturated carbocycles. The topological polar surface area (TPSA) is 37.3 Å². The van der Waals surface area contributed by atoms with Crippen LogP contribution in [0.4, 0.5) is 0 Å². The number of Topliss-reactive ketones (excluding diaryl/α,β-unsaturated/α-hetero) is 1. The van der Waals surface area contributed by atoms with E-state index in [9.17, 15) is 9.90 Å².